The van der Waals surface area contributed by atoms with E-state index in [4.69, 9.17) is 4.74 Å². The molecule has 0 spiro atoms. The topological polar surface area (TPSA) is 48.9 Å². The lowest BCUT2D eigenvalue weighted by molar-refractivity contribution is 0.140. The second-order valence-electron chi connectivity index (χ2n) is 6.56. The van der Waals surface area contributed by atoms with E-state index in [0.717, 1.165) is 30.8 Å². The first-order valence-corrected chi connectivity index (χ1v) is 8.23. The molecule has 2 N–H and O–H groups in total. The fourth-order valence-electron chi connectivity index (χ4n) is 3.20. The zero-order valence-corrected chi connectivity index (χ0v) is 14.5. The summed E-state index contributed by atoms with van der Waals surface area (Å²) in [5.41, 5.74) is 0. The number of piperidine rings is 1. The number of aliphatic imine (C=N–C) groups is 1. The van der Waals surface area contributed by atoms with Crippen LogP contribution in [0.1, 0.15) is 33.6 Å². The molecule has 1 heterocycles. The quantitative estimate of drug-likeness (QED) is 0.425. The van der Waals surface area contributed by atoms with Gasteiger partial charge in [0.25, 0.3) is 0 Å². The van der Waals surface area contributed by atoms with Crippen molar-refractivity contribution in [2.75, 3.05) is 46.9 Å². The van der Waals surface area contributed by atoms with Crippen LogP contribution in [0, 0.1) is 11.8 Å². The number of hydrogen-bond donors (Lipinski definition) is 2. The second-order valence-corrected chi connectivity index (χ2v) is 6.56. The molecule has 0 radical (unpaired) electrons. The molecule has 0 aromatic heterocycles. The first-order chi connectivity index (χ1) is 10.0. The SMILES string of the molecule is CN=C(NCCCN1CC(C)CC(C)C1)NC(C)COC. The van der Waals surface area contributed by atoms with Gasteiger partial charge in [-0.25, -0.2) is 0 Å². The molecular formula is C16H34N4O. The predicted octanol–water partition coefficient (Wildman–Crippen LogP) is 1.55. The third-order valence-electron chi connectivity index (χ3n) is 3.91. The van der Waals surface area contributed by atoms with Crippen LogP contribution in [-0.4, -0.2) is 63.8 Å². The summed E-state index contributed by atoms with van der Waals surface area (Å²) in [5, 5.41) is 6.70. The Kier molecular flexibility index (Phi) is 8.69. The minimum atomic E-state index is 0.269. The van der Waals surface area contributed by atoms with Crippen LogP contribution in [0.4, 0.5) is 0 Å². The van der Waals surface area contributed by atoms with Gasteiger partial charge >= 0.3 is 0 Å². The Bertz CT molecular complexity index is 299. The van der Waals surface area contributed by atoms with E-state index in [2.05, 4.69) is 41.3 Å². The van der Waals surface area contributed by atoms with Crippen LogP contribution < -0.4 is 10.6 Å². The Balaban J connectivity index is 2.17. The highest BCUT2D eigenvalue weighted by molar-refractivity contribution is 5.79. The van der Waals surface area contributed by atoms with Crippen molar-refractivity contribution in [2.45, 2.75) is 39.7 Å². The number of nitrogens with zero attached hydrogens (tertiary/aromatic N) is 2. The standard InChI is InChI=1S/C16H34N4O/c1-13-9-14(2)11-20(10-13)8-6-7-18-16(17-4)19-15(3)12-21-5/h13-15H,6-12H2,1-5H3,(H2,17,18,19). The summed E-state index contributed by atoms with van der Waals surface area (Å²) < 4.78 is 5.12. The lowest BCUT2D eigenvalue weighted by Gasteiger charge is -2.35. The molecule has 0 saturated carbocycles. The maximum atomic E-state index is 5.12. The van der Waals surface area contributed by atoms with Gasteiger partial charge in [-0.3, -0.25) is 4.99 Å². The Hall–Kier alpha value is -0.810. The molecule has 0 bridgehead atoms. The van der Waals surface area contributed by atoms with E-state index in [0.29, 0.717) is 6.61 Å². The number of ether oxygens (including phenoxy) is 1. The van der Waals surface area contributed by atoms with Gasteiger partial charge in [0, 0.05) is 39.8 Å². The highest BCUT2D eigenvalue weighted by Crippen LogP contribution is 2.20. The Labute approximate surface area is 130 Å². The van der Waals surface area contributed by atoms with Gasteiger partial charge in [-0.05, 0) is 38.1 Å². The highest BCUT2D eigenvalue weighted by atomic mass is 16.5. The number of guanidine groups is 1. The molecule has 5 heteroatoms. The van der Waals surface area contributed by atoms with Crippen LogP contribution in [0.5, 0.6) is 0 Å². The largest absolute Gasteiger partial charge is 0.383 e. The molecule has 0 aromatic carbocycles. The minimum absolute atomic E-state index is 0.269. The van der Waals surface area contributed by atoms with Crippen LogP contribution in [0.15, 0.2) is 4.99 Å². The first-order valence-electron chi connectivity index (χ1n) is 8.23. The monoisotopic (exact) mass is 298 g/mol. The van der Waals surface area contributed by atoms with Gasteiger partial charge in [0.15, 0.2) is 5.96 Å². The van der Waals surface area contributed by atoms with E-state index >= 15 is 0 Å². The van der Waals surface area contributed by atoms with Crippen molar-refractivity contribution in [3.8, 4) is 0 Å². The molecule has 1 aliphatic rings. The minimum Gasteiger partial charge on any atom is -0.383 e. The molecule has 124 valence electrons. The van der Waals surface area contributed by atoms with Crippen LogP contribution in [0.25, 0.3) is 0 Å². The summed E-state index contributed by atoms with van der Waals surface area (Å²) in [6.45, 7) is 12.1. The lowest BCUT2D eigenvalue weighted by Crippen LogP contribution is -2.45. The van der Waals surface area contributed by atoms with Crippen molar-refractivity contribution in [2.24, 2.45) is 16.8 Å². The van der Waals surface area contributed by atoms with Crippen molar-refractivity contribution in [3.05, 3.63) is 0 Å². The molecule has 0 aromatic rings. The van der Waals surface area contributed by atoms with E-state index in [1.165, 1.54) is 26.1 Å². The van der Waals surface area contributed by atoms with Crippen LogP contribution >= 0.6 is 0 Å². The van der Waals surface area contributed by atoms with E-state index in [9.17, 15) is 0 Å². The lowest BCUT2D eigenvalue weighted by atomic mass is 9.92. The number of hydrogen-bond acceptors (Lipinski definition) is 3. The molecule has 5 nitrogen and oxygen atoms in total. The van der Waals surface area contributed by atoms with E-state index in [1.807, 2.05) is 7.05 Å². The molecule has 21 heavy (non-hydrogen) atoms. The third-order valence-corrected chi connectivity index (χ3v) is 3.91. The molecule has 1 aliphatic heterocycles. The zero-order valence-electron chi connectivity index (χ0n) is 14.5. The summed E-state index contributed by atoms with van der Waals surface area (Å²) in [4.78, 5) is 6.85. The Morgan fingerprint density at radius 3 is 2.57 bits per heavy atom. The zero-order chi connectivity index (χ0) is 15.7. The molecule has 0 amide bonds. The molecule has 1 saturated heterocycles. The maximum absolute atomic E-state index is 5.12. The van der Waals surface area contributed by atoms with E-state index < -0.39 is 0 Å². The van der Waals surface area contributed by atoms with Crippen molar-refractivity contribution in [3.63, 3.8) is 0 Å². The number of nitrogens with one attached hydrogen (secondary N) is 2. The predicted molar refractivity (Wildman–Crippen MR) is 89.8 cm³/mol. The van der Waals surface area contributed by atoms with Gasteiger partial charge in [-0.2, -0.15) is 0 Å². The van der Waals surface area contributed by atoms with E-state index in [1.54, 1.807) is 7.11 Å². The maximum Gasteiger partial charge on any atom is 0.191 e. The van der Waals surface area contributed by atoms with Gasteiger partial charge in [0.1, 0.15) is 0 Å². The summed E-state index contributed by atoms with van der Waals surface area (Å²) in [6.07, 6.45) is 2.53. The Morgan fingerprint density at radius 2 is 2.00 bits per heavy atom. The van der Waals surface area contributed by atoms with Crippen molar-refractivity contribution < 1.29 is 4.74 Å². The molecule has 3 unspecified atom stereocenters. The second kappa shape index (κ2) is 10.0. The van der Waals surface area contributed by atoms with Gasteiger partial charge in [-0.1, -0.05) is 13.8 Å². The fourth-order valence-corrected chi connectivity index (χ4v) is 3.20. The average Bonchev–Trinajstić information content (AvgIpc) is 2.41. The van der Waals surface area contributed by atoms with Gasteiger partial charge in [-0.15, -0.1) is 0 Å². The molecule has 1 rings (SSSR count). The van der Waals surface area contributed by atoms with Gasteiger partial charge in [0.05, 0.1) is 6.61 Å². The van der Waals surface area contributed by atoms with Crippen molar-refractivity contribution >= 4 is 5.96 Å². The van der Waals surface area contributed by atoms with Crippen LogP contribution in [0.3, 0.4) is 0 Å². The third kappa shape index (κ3) is 7.67. The molecule has 3 atom stereocenters. The highest BCUT2D eigenvalue weighted by Gasteiger charge is 2.20. The normalized spacial score (nSPS) is 25.7. The summed E-state index contributed by atoms with van der Waals surface area (Å²) >= 11 is 0. The van der Waals surface area contributed by atoms with Crippen molar-refractivity contribution in [1.82, 2.24) is 15.5 Å². The van der Waals surface area contributed by atoms with Crippen LogP contribution in [0.2, 0.25) is 0 Å². The summed E-state index contributed by atoms with van der Waals surface area (Å²) in [6, 6.07) is 0.269. The first kappa shape index (κ1) is 18.2. The smallest absolute Gasteiger partial charge is 0.191 e. The average molecular weight is 298 g/mol. The molecular weight excluding hydrogens is 264 g/mol. The number of rotatable bonds is 7. The van der Waals surface area contributed by atoms with Gasteiger partial charge < -0.3 is 20.3 Å². The van der Waals surface area contributed by atoms with Crippen molar-refractivity contribution in [1.29, 1.82) is 0 Å². The summed E-state index contributed by atoms with van der Waals surface area (Å²) in [5.74, 6) is 2.54. The fraction of sp³-hybridized carbons (Fsp3) is 0.938. The number of methoxy groups -OCH3 is 1. The number of likely N-dealkylation sites (tertiary alicyclic amines) is 1. The molecule has 0 aliphatic carbocycles. The summed E-state index contributed by atoms with van der Waals surface area (Å²) in [7, 11) is 3.53. The Morgan fingerprint density at radius 1 is 1.33 bits per heavy atom. The molecule has 1 fully saturated rings. The van der Waals surface area contributed by atoms with Crippen LogP contribution in [-0.2, 0) is 4.74 Å². The van der Waals surface area contributed by atoms with E-state index in [-0.39, 0.29) is 6.04 Å². The van der Waals surface area contributed by atoms with Gasteiger partial charge in [0.2, 0.25) is 0 Å².